The Labute approximate surface area is 160 Å². The second-order valence-corrected chi connectivity index (χ2v) is 6.80. The first kappa shape index (κ1) is 17.6. The highest BCUT2D eigenvalue weighted by atomic mass is 79.9. The molecule has 3 aromatic rings. The predicted octanol–water partition coefficient (Wildman–Crippen LogP) is 4.01. The number of aromatic nitrogens is 2. The molecule has 0 amide bonds. The van der Waals surface area contributed by atoms with Gasteiger partial charge in [0.15, 0.2) is 11.4 Å². The molecule has 2 N–H and O–H groups in total. The van der Waals surface area contributed by atoms with Gasteiger partial charge in [-0.2, -0.15) is 0 Å². The van der Waals surface area contributed by atoms with Crippen LogP contribution in [0.2, 0.25) is 0 Å². The summed E-state index contributed by atoms with van der Waals surface area (Å²) >= 11 is 3.44. The quantitative estimate of drug-likeness (QED) is 0.674. The molecule has 0 fully saturated rings. The fraction of sp³-hybridized carbons (Fsp3) is 0.111. The van der Waals surface area contributed by atoms with Gasteiger partial charge in [0, 0.05) is 16.9 Å². The molecule has 0 bridgehead atoms. The van der Waals surface area contributed by atoms with E-state index in [1.165, 1.54) is 24.3 Å². The van der Waals surface area contributed by atoms with Crippen LogP contribution in [0.5, 0.6) is 5.75 Å². The predicted molar refractivity (Wildman–Crippen MR) is 96.4 cm³/mol. The number of rotatable bonds is 3. The maximum Gasteiger partial charge on any atom is 0.573 e. The first-order valence-electron chi connectivity index (χ1n) is 7.81. The summed E-state index contributed by atoms with van der Waals surface area (Å²) in [6.07, 6.45) is -1.46. The summed E-state index contributed by atoms with van der Waals surface area (Å²) in [5.74, 6) is 0.495. The Bertz CT molecular complexity index is 1030. The van der Waals surface area contributed by atoms with E-state index >= 15 is 0 Å². The number of halogens is 4. The van der Waals surface area contributed by atoms with E-state index < -0.39 is 11.9 Å². The molecule has 1 aromatic heterocycles. The zero-order valence-corrected chi connectivity index (χ0v) is 15.2. The molecule has 4 rings (SSSR count). The minimum atomic E-state index is -4.75. The molecule has 9 heteroatoms. The van der Waals surface area contributed by atoms with Gasteiger partial charge in [-0.3, -0.25) is 4.57 Å². The van der Waals surface area contributed by atoms with Crippen molar-refractivity contribution < 1.29 is 17.9 Å². The first-order valence-corrected chi connectivity index (χ1v) is 8.61. The number of fused-ring (bicyclic) bond motifs is 1. The summed E-state index contributed by atoms with van der Waals surface area (Å²) in [5.41, 5.74) is 6.39. The van der Waals surface area contributed by atoms with Gasteiger partial charge >= 0.3 is 6.36 Å². The fourth-order valence-corrected chi connectivity index (χ4v) is 3.60. The average molecular weight is 437 g/mol. The molecule has 27 heavy (non-hydrogen) atoms. The van der Waals surface area contributed by atoms with Crippen LogP contribution in [0.3, 0.4) is 0 Å². The topological polar surface area (TPSA) is 65.4 Å². The van der Waals surface area contributed by atoms with E-state index in [1.54, 1.807) is 17.0 Å². The number of imidazole rings is 1. The number of aliphatic imine (C=N–C) groups is 1. The second-order valence-electron chi connectivity index (χ2n) is 5.88. The molecule has 1 aliphatic heterocycles. The van der Waals surface area contributed by atoms with Crippen molar-refractivity contribution in [2.45, 2.75) is 11.9 Å². The van der Waals surface area contributed by atoms with Gasteiger partial charge in [-0.25, -0.2) is 9.98 Å². The van der Waals surface area contributed by atoms with Crippen molar-refractivity contribution in [3.8, 4) is 5.75 Å². The number of benzene rings is 2. The normalized spacial score (nSPS) is 18.9. The zero-order chi connectivity index (χ0) is 19.2. The zero-order valence-electron chi connectivity index (χ0n) is 13.6. The largest absolute Gasteiger partial charge is 0.573 e. The number of nitrogens with two attached hydrogens (primary N) is 1. The first-order chi connectivity index (χ1) is 12.8. The molecular formula is C18H12BrF3N4O. The third kappa shape index (κ3) is 2.97. The second kappa shape index (κ2) is 6.12. The van der Waals surface area contributed by atoms with E-state index in [0.717, 1.165) is 10.0 Å². The van der Waals surface area contributed by atoms with Crippen LogP contribution in [-0.2, 0) is 5.54 Å². The van der Waals surface area contributed by atoms with E-state index in [9.17, 15) is 13.2 Å². The van der Waals surface area contributed by atoms with Gasteiger partial charge < -0.3 is 10.5 Å². The third-order valence-electron chi connectivity index (χ3n) is 4.24. The number of nitrogens with zero attached hydrogens (tertiary/aromatic N) is 3. The van der Waals surface area contributed by atoms with Gasteiger partial charge in [0.05, 0.1) is 0 Å². The summed E-state index contributed by atoms with van der Waals surface area (Å²) < 4.78 is 43.8. The van der Waals surface area contributed by atoms with Gasteiger partial charge in [0.1, 0.15) is 5.75 Å². The van der Waals surface area contributed by atoms with Crippen LogP contribution in [0.15, 0.2) is 70.4 Å². The lowest BCUT2D eigenvalue weighted by molar-refractivity contribution is -0.274. The Balaban J connectivity index is 1.89. The standard InChI is InChI=1S/C18H12BrF3N4O/c19-13-3-1-2-12(10-13)17(15-24-8-9-26(15)16(23)25-17)11-4-6-14(7-5-11)27-18(20,21)22/h1-10H,(H2,23,25). The lowest BCUT2D eigenvalue weighted by Crippen LogP contribution is -2.26. The highest BCUT2D eigenvalue weighted by Crippen LogP contribution is 2.43. The van der Waals surface area contributed by atoms with Crippen molar-refractivity contribution in [2.24, 2.45) is 10.7 Å². The molecule has 2 heterocycles. The molecule has 0 radical (unpaired) electrons. The van der Waals surface area contributed by atoms with Crippen LogP contribution in [0, 0.1) is 0 Å². The Morgan fingerprint density at radius 1 is 1.07 bits per heavy atom. The van der Waals surface area contributed by atoms with Gasteiger partial charge in [0.2, 0.25) is 5.96 Å². The number of hydrogen-bond donors (Lipinski definition) is 1. The Morgan fingerprint density at radius 3 is 2.48 bits per heavy atom. The SMILES string of the molecule is NC1=NC(c2ccc(OC(F)(F)F)cc2)(c2cccc(Br)c2)c2nccn21. The number of ether oxygens (including phenoxy) is 1. The molecule has 0 spiro atoms. The molecule has 0 saturated heterocycles. The third-order valence-corrected chi connectivity index (χ3v) is 4.73. The molecular weight excluding hydrogens is 425 g/mol. The maximum atomic E-state index is 12.5. The monoisotopic (exact) mass is 436 g/mol. The average Bonchev–Trinajstić information content (AvgIpc) is 3.18. The Kier molecular flexibility index (Phi) is 3.99. The Morgan fingerprint density at radius 2 is 1.81 bits per heavy atom. The molecule has 0 aliphatic carbocycles. The van der Waals surface area contributed by atoms with Crippen molar-refractivity contribution in [1.29, 1.82) is 0 Å². The highest BCUT2D eigenvalue weighted by Gasteiger charge is 2.45. The van der Waals surface area contributed by atoms with Crippen molar-refractivity contribution in [3.63, 3.8) is 0 Å². The van der Waals surface area contributed by atoms with Gasteiger partial charge in [0.25, 0.3) is 0 Å². The van der Waals surface area contributed by atoms with E-state index in [1.807, 2.05) is 24.3 Å². The minimum Gasteiger partial charge on any atom is -0.406 e. The van der Waals surface area contributed by atoms with Gasteiger partial charge in [-0.15, -0.1) is 13.2 Å². The maximum absolute atomic E-state index is 12.5. The van der Waals surface area contributed by atoms with Crippen LogP contribution in [0.4, 0.5) is 13.2 Å². The fourth-order valence-electron chi connectivity index (χ4n) is 3.20. The highest BCUT2D eigenvalue weighted by molar-refractivity contribution is 9.10. The van der Waals surface area contributed by atoms with Crippen molar-refractivity contribution in [2.75, 3.05) is 0 Å². The van der Waals surface area contributed by atoms with Gasteiger partial charge in [-0.05, 0) is 35.4 Å². The summed E-state index contributed by atoms with van der Waals surface area (Å²) in [6, 6.07) is 13.0. The Hall–Kier alpha value is -2.81. The lowest BCUT2D eigenvalue weighted by Gasteiger charge is -2.26. The summed E-state index contributed by atoms with van der Waals surface area (Å²) in [4.78, 5) is 9.05. The molecule has 2 aromatic carbocycles. The molecule has 1 unspecified atom stereocenters. The number of alkyl halides is 3. The van der Waals surface area contributed by atoms with Crippen molar-refractivity contribution >= 4 is 21.9 Å². The van der Waals surface area contributed by atoms with E-state index in [0.29, 0.717) is 11.4 Å². The molecule has 5 nitrogen and oxygen atoms in total. The van der Waals surface area contributed by atoms with Gasteiger partial charge in [-0.1, -0.05) is 40.2 Å². The minimum absolute atomic E-state index is 0.248. The van der Waals surface area contributed by atoms with E-state index in [-0.39, 0.29) is 11.7 Å². The molecule has 1 aliphatic rings. The molecule has 0 saturated carbocycles. The summed E-state index contributed by atoms with van der Waals surface area (Å²) in [6.45, 7) is 0. The van der Waals surface area contributed by atoms with Crippen LogP contribution < -0.4 is 10.5 Å². The van der Waals surface area contributed by atoms with Crippen LogP contribution in [0.1, 0.15) is 17.0 Å². The molecule has 138 valence electrons. The molecule has 1 atom stereocenters. The van der Waals surface area contributed by atoms with E-state index in [2.05, 4.69) is 30.6 Å². The van der Waals surface area contributed by atoms with Crippen molar-refractivity contribution in [1.82, 2.24) is 9.55 Å². The smallest absolute Gasteiger partial charge is 0.406 e. The van der Waals surface area contributed by atoms with Crippen LogP contribution >= 0.6 is 15.9 Å². The van der Waals surface area contributed by atoms with Crippen molar-refractivity contribution in [3.05, 3.63) is 82.3 Å². The summed E-state index contributed by atoms with van der Waals surface area (Å²) in [7, 11) is 0. The van der Waals surface area contributed by atoms with Crippen LogP contribution in [-0.4, -0.2) is 21.9 Å². The lowest BCUT2D eigenvalue weighted by atomic mass is 9.83. The van der Waals surface area contributed by atoms with E-state index in [4.69, 9.17) is 5.73 Å². The van der Waals surface area contributed by atoms with Crippen LogP contribution in [0.25, 0.3) is 0 Å². The number of hydrogen-bond acceptors (Lipinski definition) is 4. The summed E-state index contributed by atoms with van der Waals surface area (Å²) in [5, 5.41) is 0.